The molecular formula is C14H18N2OS. The lowest BCUT2D eigenvalue weighted by Crippen LogP contribution is -2.42. The van der Waals surface area contributed by atoms with Crippen LogP contribution in [0.2, 0.25) is 0 Å². The van der Waals surface area contributed by atoms with Gasteiger partial charge in [0, 0.05) is 6.54 Å². The first-order valence-corrected chi connectivity index (χ1v) is 7.29. The molecule has 96 valence electrons. The Morgan fingerprint density at radius 2 is 2.28 bits per heavy atom. The molecule has 2 atom stereocenters. The van der Waals surface area contributed by atoms with Gasteiger partial charge in [0.2, 0.25) is 0 Å². The summed E-state index contributed by atoms with van der Waals surface area (Å²) in [5, 5.41) is 11.1. The number of rotatable bonds is 2. The lowest BCUT2D eigenvalue weighted by molar-refractivity contribution is 0.0259. The van der Waals surface area contributed by atoms with Gasteiger partial charge in [-0.3, -0.25) is 4.90 Å². The van der Waals surface area contributed by atoms with E-state index in [1.54, 1.807) is 11.3 Å². The summed E-state index contributed by atoms with van der Waals surface area (Å²) in [6.07, 6.45) is 0.889. The van der Waals surface area contributed by atoms with Crippen molar-refractivity contribution in [1.29, 1.82) is 0 Å². The van der Waals surface area contributed by atoms with Gasteiger partial charge in [-0.2, -0.15) is 0 Å². The molecule has 1 aliphatic rings. The lowest BCUT2D eigenvalue weighted by atomic mass is 9.96. The van der Waals surface area contributed by atoms with Gasteiger partial charge >= 0.3 is 0 Å². The summed E-state index contributed by atoms with van der Waals surface area (Å²) in [5.41, 5.74) is 1.09. The quantitative estimate of drug-likeness (QED) is 0.903. The van der Waals surface area contributed by atoms with Gasteiger partial charge in [-0.15, -0.1) is 11.3 Å². The van der Waals surface area contributed by atoms with Gasteiger partial charge in [0.05, 0.1) is 22.9 Å². The van der Waals surface area contributed by atoms with Crippen molar-refractivity contribution in [2.24, 2.45) is 5.92 Å². The number of hydrogen-bond donors (Lipinski definition) is 1. The van der Waals surface area contributed by atoms with Crippen molar-refractivity contribution in [2.75, 3.05) is 13.1 Å². The summed E-state index contributed by atoms with van der Waals surface area (Å²) in [6.45, 7) is 4.83. The number of benzene rings is 1. The summed E-state index contributed by atoms with van der Waals surface area (Å²) in [6, 6.07) is 8.25. The highest BCUT2D eigenvalue weighted by molar-refractivity contribution is 7.18. The third kappa shape index (κ3) is 2.41. The van der Waals surface area contributed by atoms with Crippen LogP contribution in [0.1, 0.15) is 18.4 Å². The number of thiazole rings is 1. The van der Waals surface area contributed by atoms with E-state index >= 15 is 0 Å². The van der Waals surface area contributed by atoms with Gasteiger partial charge in [-0.25, -0.2) is 4.98 Å². The Kier molecular flexibility index (Phi) is 3.33. The zero-order chi connectivity index (χ0) is 12.5. The van der Waals surface area contributed by atoms with Crippen molar-refractivity contribution in [3.63, 3.8) is 0 Å². The van der Waals surface area contributed by atoms with Crippen molar-refractivity contribution < 1.29 is 5.11 Å². The van der Waals surface area contributed by atoms with Crippen LogP contribution in [0, 0.1) is 5.92 Å². The molecule has 1 fully saturated rings. The fourth-order valence-corrected chi connectivity index (χ4v) is 3.45. The summed E-state index contributed by atoms with van der Waals surface area (Å²) in [5.74, 6) is 0.427. The molecule has 3 nitrogen and oxygen atoms in total. The summed E-state index contributed by atoms with van der Waals surface area (Å²) in [7, 11) is 0. The molecule has 2 unspecified atom stereocenters. The number of likely N-dealkylation sites (tertiary alicyclic amines) is 1. The van der Waals surface area contributed by atoms with Gasteiger partial charge in [0.25, 0.3) is 0 Å². The topological polar surface area (TPSA) is 36.4 Å². The highest BCUT2D eigenvalue weighted by Gasteiger charge is 2.24. The molecule has 18 heavy (non-hydrogen) atoms. The van der Waals surface area contributed by atoms with E-state index in [4.69, 9.17) is 0 Å². The second kappa shape index (κ2) is 4.96. The zero-order valence-corrected chi connectivity index (χ0v) is 11.4. The molecule has 0 spiro atoms. The predicted octanol–water partition coefficient (Wildman–Crippen LogP) is 2.50. The van der Waals surface area contributed by atoms with E-state index in [1.807, 2.05) is 6.07 Å². The van der Waals surface area contributed by atoms with Crippen LogP contribution in [-0.2, 0) is 6.54 Å². The molecule has 1 saturated heterocycles. The Morgan fingerprint density at radius 3 is 3.06 bits per heavy atom. The first-order valence-electron chi connectivity index (χ1n) is 6.47. The molecule has 0 aliphatic carbocycles. The molecule has 2 heterocycles. The smallest absolute Gasteiger partial charge is 0.108 e. The Morgan fingerprint density at radius 1 is 1.44 bits per heavy atom. The summed E-state index contributed by atoms with van der Waals surface area (Å²) >= 11 is 1.76. The Balaban J connectivity index is 1.72. The standard InChI is InChI=1S/C14H18N2OS/c1-10-6-7-16(8-12(10)17)9-14-15-11-4-2-3-5-13(11)18-14/h2-5,10,12,17H,6-9H2,1H3. The summed E-state index contributed by atoms with van der Waals surface area (Å²) < 4.78 is 1.25. The molecular weight excluding hydrogens is 244 g/mol. The van der Waals surface area contributed by atoms with Crippen molar-refractivity contribution in [3.05, 3.63) is 29.3 Å². The highest BCUT2D eigenvalue weighted by Crippen LogP contribution is 2.24. The molecule has 0 saturated carbocycles. The number of aliphatic hydroxyl groups is 1. The van der Waals surface area contributed by atoms with Crippen molar-refractivity contribution in [3.8, 4) is 0 Å². The molecule has 2 aromatic rings. The van der Waals surface area contributed by atoms with E-state index in [1.165, 1.54) is 4.70 Å². The van der Waals surface area contributed by atoms with Crippen LogP contribution < -0.4 is 0 Å². The highest BCUT2D eigenvalue weighted by atomic mass is 32.1. The predicted molar refractivity (Wildman–Crippen MR) is 74.7 cm³/mol. The first kappa shape index (κ1) is 12.1. The molecule has 1 N–H and O–H groups in total. The van der Waals surface area contributed by atoms with E-state index in [-0.39, 0.29) is 6.10 Å². The van der Waals surface area contributed by atoms with Crippen molar-refractivity contribution >= 4 is 21.6 Å². The van der Waals surface area contributed by atoms with Crippen LogP contribution in [0.3, 0.4) is 0 Å². The number of aromatic nitrogens is 1. The van der Waals surface area contributed by atoms with E-state index < -0.39 is 0 Å². The fourth-order valence-electron chi connectivity index (χ4n) is 2.44. The maximum absolute atomic E-state index is 9.91. The molecule has 1 aromatic heterocycles. The summed E-state index contributed by atoms with van der Waals surface area (Å²) in [4.78, 5) is 6.95. The number of aliphatic hydroxyl groups excluding tert-OH is 1. The molecule has 4 heteroatoms. The first-order chi connectivity index (χ1) is 8.72. The monoisotopic (exact) mass is 262 g/mol. The number of nitrogens with zero attached hydrogens (tertiary/aromatic N) is 2. The number of hydrogen-bond acceptors (Lipinski definition) is 4. The average Bonchev–Trinajstić information content (AvgIpc) is 2.76. The van der Waals surface area contributed by atoms with E-state index in [0.29, 0.717) is 5.92 Å². The van der Waals surface area contributed by atoms with E-state index in [2.05, 4.69) is 35.0 Å². The average molecular weight is 262 g/mol. The van der Waals surface area contributed by atoms with Crippen molar-refractivity contribution in [1.82, 2.24) is 9.88 Å². The molecule has 0 amide bonds. The van der Waals surface area contributed by atoms with Crippen molar-refractivity contribution in [2.45, 2.75) is 26.0 Å². The molecule has 1 aromatic carbocycles. The minimum Gasteiger partial charge on any atom is -0.392 e. The SMILES string of the molecule is CC1CCN(Cc2nc3ccccc3s2)CC1O. The number of β-amino-alcohol motifs (C(OH)–C–C–N with tert-alkyl or cyclic N) is 1. The van der Waals surface area contributed by atoms with Gasteiger partial charge in [0.15, 0.2) is 0 Å². The zero-order valence-electron chi connectivity index (χ0n) is 10.5. The molecule has 0 radical (unpaired) electrons. The maximum atomic E-state index is 9.91. The number of para-hydroxylation sites is 1. The van der Waals surface area contributed by atoms with E-state index in [9.17, 15) is 5.11 Å². The molecule has 1 aliphatic heterocycles. The minimum atomic E-state index is -0.187. The Bertz CT molecular complexity index is 506. The van der Waals surface area contributed by atoms with Crippen LogP contribution in [-0.4, -0.2) is 34.2 Å². The third-order valence-electron chi connectivity index (χ3n) is 3.70. The van der Waals surface area contributed by atoms with Gasteiger partial charge in [-0.05, 0) is 31.0 Å². The second-order valence-corrected chi connectivity index (χ2v) is 6.26. The van der Waals surface area contributed by atoms with Gasteiger partial charge in [-0.1, -0.05) is 19.1 Å². The number of piperidine rings is 1. The molecule has 0 bridgehead atoms. The Hall–Kier alpha value is -0.970. The Labute approximate surface area is 111 Å². The van der Waals surface area contributed by atoms with Crippen LogP contribution >= 0.6 is 11.3 Å². The third-order valence-corrected chi connectivity index (χ3v) is 4.72. The maximum Gasteiger partial charge on any atom is 0.108 e. The normalized spacial score (nSPS) is 25.7. The fraction of sp³-hybridized carbons (Fsp3) is 0.500. The number of fused-ring (bicyclic) bond motifs is 1. The van der Waals surface area contributed by atoms with Crippen LogP contribution in [0.25, 0.3) is 10.2 Å². The van der Waals surface area contributed by atoms with Gasteiger partial charge in [0.1, 0.15) is 5.01 Å². The lowest BCUT2D eigenvalue weighted by Gasteiger charge is -2.33. The van der Waals surface area contributed by atoms with Crippen LogP contribution in [0.15, 0.2) is 24.3 Å². The van der Waals surface area contributed by atoms with Crippen LogP contribution in [0.4, 0.5) is 0 Å². The van der Waals surface area contributed by atoms with E-state index in [0.717, 1.165) is 36.6 Å². The largest absolute Gasteiger partial charge is 0.392 e. The minimum absolute atomic E-state index is 0.187. The van der Waals surface area contributed by atoms with Gasteiger partial charge < -0.3 is 5.11 Å². The van der Waals surface area contributed by atoms with Crippen LogP contribution in [0.5, 0.6) is 0 Å². The molecule has 3 rings (SSSR count). The second-order valence-electron chi connectivity index (χ2n) is 5.14.